The topological polar surface area (TPSA) is 71.0 Å². The summed E-state index contributed by atoms with van der Waals surface area (Å²) in [6.07, 6.45) is 4.66. The number of amides is 1. The lowest BCUT2D eigenvalue weighted by atomic mass is 10.2. The number of H-pyrrole nitrogens is 1. The van der Waals surface area contributed by atoms with E-state index in [0.29, 0.717) is 17.8 Å². The van der Waals surface area contributed by atoms with Crippen molar-refractivity contribution < 1.29 is 4.79 Å². The molecular formula is C15H21ClN4O2. The number of likely N-dealkylation sites (N-methyl/N-ethyl adjacent to an activating group) is 1. The SMILES string of the molecule is CCN(C)C(=O)C=Cc1cc2cnn(C(C)C)c2[nH]c1=O.Cl. The quantitative estimate of drug-likeness (QED) is 0.877. The van der Waals surface area contributed by atoms with Crippen LogP contribution in [0.3, 0.4) is 0 Å². The van der Waals surface area contributed by atoms with Crippen molar-refractivity contribution >= 4 is 35.4 Å². The molecule has 22 heavy (non-hydrogen) atoms. The number of carbonyl (C=O) groups is 1. The molecule has 2 aromatic rings. The molecule has 2 aromatic heterocycles. The lowest BCUT2D eigenvalue weighted by Gasteiger charge is -2.10. The largest absolute Gasteiger partial charge is 0.343 e. The zero-order valence-electron chi connectivity index (χ0n) is 13.2. The van der Waals surface area contributed by atoms with Gasteiger partial charge < -0.3 is 9.88 Å². The summed E-state index contributed by atoms with van der Waals surface area (Å²) >= 11 is 0. The van der Waals surface area contributed by atoms with E-state index in [0.717, 1.165) is 5.39 Å². The second-order valence-electron chi connectivity index (χ2n) is 5.23. The van der Waals surface area contributed by atoms with Gasteiger partial charge in [0.2, 0.25) is 5.91 Å². The van der Waals surface area contributed by atoms with Crippen LogP contribution in [0.5, 0.6) is 0 Å². The lowest BCUT2D eigenvalue weighted by Crippen LogP contribution is -2.24. The van der Waals surface area contributed by atoms with Crippen molar-refractivity contribution in [2.75, 3.05) is 13.6 Å². The van der Waals surface area contributed by atoms with E-state index in [4.69, 9.17) is 0 Å². The first kappa shape index (κ1) is 18.0. The zero-order valence-corrected chi connectivity index (χ0v) is 14.0. The van der Waals surface area contributed by atoms with E-state index in [-0.39, 0.29) is 29.9 Å². The number of nitrogens with zero attached hydrogens (tertiary/aromatic N) is 3. The van der Waals surface area contributed by atoms with Crippen molar-refractivity contribution in [1.82, 2.24) is 19.7 Å². The van der Waals surface area contributed by atoms with Gasteiger partial charge in [0, 0.05) is 36.7 Å². The van der Waals surface area contributed by atoms with Crippen LogP contribution in [-0.2, 0) is 4.79 Å². The fraction of sp³-hybridized carbons (Fsp3) is 0.400. The van der Waals surface area contributed by atoms with Gasteiger partial charge in [-0.05, 0) is 32.9 Å². The van der Waals surface area contributed by atoms with Gasteiger partial charge in [-0.25, -0.2) is 4.68 Å². The van der Waals surface area contributed by atoms with Gasteiger partial charge >= 0.3 is 0 Å². The number of fused-ring (bicyclic) bond motifs is 1. The zero-order chi connectivity index (χ0) is 15.6. The Morgan fingerprint density at radius 3 is 2.77 bits per heavy atom. The van der Waals surface area contributed by atoms with Gasteiger partial charge in [-0.2, -0.15) is 5.10 Å². The van der Waals surface area contributed by atoms with Crippen LogP contribution in [0.2, 0.25) is 0 Å². The highest BCUT2D eigenvalue weighted by atomic mass is 35.5. The molecule has 1 N–H and O–H groups in total. The number of hydrogen-bond acceptors (Lipinski definition) is 3. The molecule has 0 fully saturated rings. The number of aromatic nitrogens is 3. The molecule has 6 nitrogen and oxygen atoms in total. The number of rotatable bonds is 4. The minimum Gasteiger partial charge on any atom is -0.343 e. The van der Waals surface area contributed by atoms with Crippen LogP contribution in [0.15, 0.2) is 23.1 Å². The summed E-state index contributed by atoms with van der Waals surface area (Å²) in [5, 5.41) is 5.11. The smallest absolute Gasteiger partial charge is 0.256 e. The van der Waals surface area contributed by atoms with E-state index in [9.17, 15) is 9.59 Å². The van der Waals surface area contributed by atoms with Gasteiger partial charge in [0.25, 0.3) is 5.56 Å². The first-order chi connectivity index (χ1) is 9.93. The summed E-state index contributed by atoms with van der Waals surface area (Å²) < 4.78 is 1.76. The molecule has 2 rings (SSSR count). The van der Waals surface area contributed by atoms with Crippen LogP contribution in [0.1, 0.15) is 32.4 Å². The van der Waals surface area contributed by atoms with Crippen molar-refractivity contribution in [3.05, 3.63) is 34.3 Å². The second-order valence-corrected chi connectivity index (χ2v) is 5.23. The van der Waals surface area contributed by atoms with Crippen molar-refractivity contribution in [2.24, 2.45) is 0 Å². The molecule has 0 saturated carbocycles. The summed E-state index contributed by atoms with van der Waals surface area (Å²) in [5.74, 6) is -0.130. The van der Waals surface area contributed by atoms with Gasteiger partial charge in [0.15, 0.2) is 0 Å². The molecule has 0 aliphatic rings. The molecule has 0 aliphatic carbocycles. The summed E-state index contributed by atoms with van der Waals surface area (Å²) in [5.41, 5.74) is 0.918. The Bertz CT molecular complexity index is 746. The fourth-order valence-electron chi connectivity index (χ4n) is 1.98. The Kier molecular flexibility index (Phi) is 5.93. The highest BCUT2D eigenvalue weighted by Crippen LogP contribution is 2.15. The average molecular weight is 325 g/mol. The second kappa shape index (κ2) is 7.26. The van der Waals surface area contributed by atoms with Crippen LogP contribution in [0.25, 0.3) is 17.1 Å². The standard InChI is InChI=1S/C15H20N4O2.ClH/c1-5-18(4)13(20)7-6-11-8-12-9-16-19(10(2)3)14(12)17-15(11)21;/h6-10H,5H2,1-4H3,(H,17,21);1H. The lowest BCUT2D eigenvalue weighted by molar-refractivity contribution is -0.124. The molecule has 0 aromatic carbocycles. The Hall–Kier alpha value is -2.08. The minimum absolute atomic E-state index is 0. The molecule has 0 saturated heterocycles. The first-order valence-corrected chi connectivity index (χ1v) is 6.97. The van der Waals surface area contributed by atoms with Crippen LogP contribution in [-0.4, -0.2) is 39.2 Å². The monoisotopic (exact) mass is 324 g/mol. The highest BCUT2D eigenvalue weighted by molar-refractivity contribution is 5.92. The van der Waals surface area contributed by atoms with Crippen LogP contribution < -0.4 is 5.56 Å². The third-order valence-electron chi connectivity index (χ3n) is 3.37. The van der Waals surface area contributed by atoms with E-state index >= 15 is 0 Å². The van der Waals surface area contributed by atoms with Crippen LogP contribution >= 0.6 is 12.4 Å². The average Bonchev–Trinajstić information content (AvgIpc) is 2.86. The molecule has 7 heteroatoms. The van der Waals surface area contributed by atoms with Gasteiger partial charge in [-0.1, -0.05) is 0 Å². The normalized spacial score (nSPS) is 11.1. The minimum atomic E-state index is -0.229. The fourth-order valence-corrected chi connectivity index (χ4v) is 1.98. The predicted molar refractivity (Wildman–Crippen MR) is 90.3 cm³/mol. The molecule has 0 unspecified atom stereocenters. The van der Waals surface area contributed by atoms with E-state index in [1.54, 1.807) is 35.0 Å². The molecule has 0 bridgehead atoms. The number of halogens is 1. The van der Waals surface area contributed by atoms with Crippen molar-refractivity contribution in [3.8, 4) is 0 Å². The van der Waals surface area contributed by atoms with Crippen LogP contribution in [0, 0.1) is 0 Å². The van der Waals surface area contributed by atoms with Gasteiger partial charge in [0.1, 0.15) is 5.65 Å². The Balaban J connectivity index is 0.00000242. The molecule has 1 amide bonds. The Labute approximate surface area is 135 Å². The summed E-state index contributed by atoms with van der Waals surface area (Å²) in [6.45, 7) is 6.51. The summed E-state index contributed by atoms with van der Waals surface area (Å²) in [4.78, 5) is 28.2. The number of pyridine rings is 1. The molecule has 2 heterocycles. The van der Waals surface area contributed by atoms with E-state index in [2.05, 4.69) is 10.1 Å². The Morgan fingerprint density at radius 2 is 2.18 bits per heavy atom. The molecule has 0 radical (unpaired) electrons. The van der Waals surface area contributed by atoms with Crippen LogP contribution in [0.4, 0.5) is 0 Å². The summed E-state index contributed by atoms with van der Waals surface area (Å²) in [7, 11) is 1.72. The summed E-state index contributed by atoms with van der Waals surface area (Å²) in [6, 6.07) is 1.91. The predicted octanol–water partition coefficient (Wildman–Crippen LogP) is 2.22. The maximum Gasteiger partial charge on any atom is 0.256 e. The maximum atomic E-state index is 12.1. The van der Waals surface area contributed by atoms with Gasteiger partial charge in [-0.15, -0.1) is 12.4 Å². The van der Waals surface area contributed by atoms with E-state index < -0.39 is 0 Å². The third-order valence-corrected chi connectivity index (χ3v) is 3.37. The molecular weight excluding hydrogens is 304 g/mol. The third kappa shape index (κ3) is 3.57. The van der Waals surface area contributed by atoms with E-state index in [1.807, 2.05) is 20.8 Å². The molecule has 0 atom stereocenters. The van der Waals surface area contributed by atoms with Crippen molar-refractivity contribution in [2.45, 2.75) is 26.8 Å². The van der Waals surface area contributed by atoms with Gasteiger partial charge in [-0.3, -0.25) is 9.59 Å². The number of hydrogen-bond donors (Lipinski definition) is 1. The maximum absolute atomic E-state index is 12.1. The van der Waals surface area contributed by atoms with Crippen molar-refractivity contribution in [1.29, 1.82) is 0 Å². The number of carbonyl (C=O) groups excluding carboxylic acids is 1. The van der Waals surface area contributed by atoms with E-state index in [1.165, 1.54) is 6.08 Å². The Morgan fingerprint density at radius 1 is 1.50 bits per heavy atom. The van der Waals surface area contributed by atoms with Crippen molar-refractivity contribution in [3.63, 3.8) is 0 Å². The molecule has 120 valence electrons. The molecule has 0 spiro atoms. The number of nitrogens with one attached hydrogen (secondary N) is 1. The highest BCUT2D eigenvalue weighted by Gasteiger charge is 2.09. The first-order valence-electron chi connectivity index (χ1n) is 6.97. The molecule has 0 aliphatic heterocycles. The number of aromatic amines is 1. The van der Waals surface area contributed by atoms with Gasteiger partial charge in [0.05, 0.1) is 6.20 Å².